The summed E-state index contributed by atoms with van der Waals surface area (Å²) in [7, 11) is -3.07. The van der Waals surface area contributed by atoms with Crippen molar-refractivity contribution in [3.63, 3.8) is 0 Å². The number of benzene rings is 9. The molecule has 0 fully saturated rings. The molecule has 0 spiro atoms. The first-order valence-corrected chi connectivity index (χ1v) is 24.5. The van der Waals surface area contributed by atoms with Crippen LogP contribution in [0.4, 0.5) is 34.3 Å². The molecule has 0 saturated heterocycles. The average Bonchev–Trinajstić information content (AvgIpc) is 3.75. The van der Waals surface area contributed by atoms with Gasteiger partial charge in [-0.15, -0.1) is 0 Å². The minimum Gasteiger partial charge on any atom is -0.310 e. The van der Waals surface area contributed by atoms with Crippen LogP contribution < -0.4 is 30.5 Å². The summed E-state index contributed by atoms with van der Waals surface area (Å²) >= 11 is 0. The molecule has 0 unspecified atom stereocenters. The van der Waals surface area contributed by atoms with Gasteiger partial charge in [-0.3, -0.25) is 14.5 Å². The van der Waals surface area contributed by atoms with E-state index in [9.17, 15) is 0 Å². The zero-order chi connectivity index (χ0) is 43.9. The van der Waals surface area contributed by atoms with E-state index in [-0.39, 0.29) is 0 Å². The highest BCUT2D eigenvalue weighted by atomic mass is 28.3. The lowest BCUT2D eigenvalue weighted by atomic mass is 10.0. The Balaban J connectivity index is 1.12. The Morgan fingerprint density at radius 3 is 1.56 bits per heavy atom. The lowest BCUT2D eigenvalue weighted by molar-refractivity contribution is 1.08. The first-order valence-electron chi connectivity index (χ1n) is 22.5. The van der Waals surface area contributed by atoms with Gasteiger partial charge in [0.2, 0.25) is 0 Å². The van der Waals surface area contributed by atoms with Gasteiger partial charge in [0, 0.05) is 57.1 Å². The molecule has 66 heavy (non-hydrogen) atoms. The van der Waals surface area contributed by atoms with Gasteiger partial charge in [0.15, 0.2) is 8.07 Å². The number of nitrogens with zero attached hydrogens (tertiary/aromatic N) is 4. The molecule has 12 rings (SSSR count). The maximum atomic E-state index is 4.39. The summed E-state index contributed by atoms with van der Waals surface area (Å²) in [6.45, 7) is 0. The number of hydrogen-bond donors (Lipinski definition) is 0. The molecule has 11 aromatic rings. The van der Waals surface area contributed by atoms with Crippen molar-refractivity contribution in [2.75, 3.05) is 9.80 Å². The Hall–Kier alpha value is -8.51. The zero-order valence-corrected chi connectivity index (χ0v) is 37.2. The van der Waals surface area contributed by atoms with Crippen molar-refractivity contribution in [1.29, 1.82) is 0 Å². The molecule has 0 aliphatic carbocycles. The topological polar surface area (TPSA) is 24.3 Å². The second-order valence-corrected chi connectivity index (χ2v) is 20.5. The normalized spacial score (nSPS) is 12.6. The molecule has 0 saturated carbocycles. The summed E-state index contributed by atoms with van der Waals surface area (Å²) in [6.07, 6.45) is 3.73. The summed E-state index contributed by atoms with van der Waals surface area (Å²) in [5.41, 5.74) is 12.4. The van der Waals surface area contributed by atoms with Crippen molar-refractivity contribution in [2.45, 2.75) is 0 Å². The lowest BCUT2D eigenvalue weighted by Gasteiger charge is -2.44. The highest BCUT2D eigenvalue weighted by molar-refractivity contribution is 7.22. The molecule has 9 aromatic carbocycles. The number of para-hydroxylation sites is 3. The Kier molecular flexibility index (Phi) is 9.81. The third-order valence-corrected chi connectivity index (χ3v) is 18.0. The van der Waals surface area contributed by atoms with Gasteiger partial charge < -0.3 is 4.90 Å². The van der Waals surface area contributed by atoms with Crippen molar-refractivity contribution in [3.8, 4) is 27.9 Å². The number of pyridine rings is 1. The van der Waals surface area contributed by atoms with Crippen LogP contribution in [0.3, 0.4) is 0 Å². The minimum absolute atomic E-state index is 1.04. The Labute approximate surface area is 386 Å². The highest BCUT2D eigenvalue weighted by Crippen LogP contribution is 2.45. The number of fused-ring (bicyclic) bond motifs is 4. The van der Waals surface area contributed by atoms with Gasteiger partial charge in [-0.2, -0.15) is 0 Å². The van der Waals surface area contributed by atoms with Gasteiger partial charge in [-0.25, -0.2) is 0 Å². The van der Waals surface area contributed by atoms with Gasteiger partial charge in [0.25, 0.3) is 0 Å². The van der Waals surface area contributed by atoms with Crippen LogP contribution >= 0.6 is 0 Å². The van der Waals surface area contributed by atoms with E-state index in [1.54, 1.807) is 0 Å². The molecule has 3 heterocycles. The minimum atomic E-state index is -3.07. The molecule has 1 aliphatic heterocycles. The smallest absolute Gasteiger partial charge is 0.186 e. The number of aromatic nitrogens is 2. The third-order valence-electron chi connectivity index (χ3n) is 13.1. The fraction of sp³-hybridized carbons (Fsp3) is 0. The molecule has 4 nitrogen and oxygen atoms in total. The van der Waals surface area contributed by atoms with E-state index in [4.69, 9.17) is 0 Å². The number of anilines is 6. The van der Waals surface area contributed by atoms with E-state index in [1.165, 1.54) is 54.3 Å². The van der Waals surface area contributed by atoms with Crippen molar-refractivity contribution in [2.24, 2.45) is 0 Å². The van der Waals surface area contributed by atoms with Gasteiger partial charge in [0.05, 0.1) is 5.52 Å². The molecular weight excluding hydrogens is 817 g/mol. The average molecular weight is 861 g/mol. The van der Waals surface area contributed by atoms with Crippen LogP contribution in [0.5, 0.6) is 0 Å². The monoisotopic (exact) mass is 860 g/mol. The van der Waals surface area contributed by atoms with Gasteiger partial charge in [-0.05, 0) is 111 Å². The SMILES string of the molecule is c1ccc(-c2ccc(N(c3ccncc3)c3cccc(-c4ccc5c(c4)N(c4ccccc4)c4c(c6ccccc6n4-c4ccccc4)[Si]5(c4ccccc4)c4ccccc4)c3)cc2)cc1. The van der Waals surface area contributed by atoms with Crippen LogP contribution in [-0.4, -0.2) is 17.6 Å². The van der Waals surface area contributed by atoms with Crippen LogP contribution in [0, 0.1) is 0 Å². The molecular formula is C61H44N4Si. The van der Waals surface area contributed by atoms with E-state index in [0.29, 0.717) is 0 Å². The van der Waals surface area contributed by atoms with Gasteiger partial charge in [-0.1, -0.05) is 182 Å². The molecule has 0 N–H and O–H groups in total. The maximum Gasteiger partial charge on any atom is 0.186 e. The molecule has 312 valence electrons. The van der Waals surface area contributed by atoms with E-state index in [0.717, 1.165) is 39.6 Å². The molecule has 0 radical (unpaired) electrons. The van der Waals surface area contributed by atoms with E-state index in [2.05, 4.69) is 274 Å². The van der Waals surface area contributed by atoms with Crippen LogP contribution in [0.15, 0.2) is 267 Å². The summed E-state index contributed by atoms with van der Waals surface area (Å²) in [5.74, 6) is 1.18. The maximum absolute atomic E-state index is 4.39. The lowest BCUT2D eigenvalue weighted by Crippen LogP contribution is -2.77. The molecule has 1 aliphatic rings. The predicted octanol–water partition coefficient (Wildman–Crippen LogP) is 13.0. The van der Waals surface area contributed by atoms with Crippen LogP contribution in [-0.2, 0) is 0 Å². The van der Waals surface area contributed by atoms with Crippen LogP contribution in [0.25, 0.3) is 38.8 Å². The van der Waals surface area contributed by atoms with E-state index < -0.39 is 8.07 Å². The molecule has 0 bridgehead atoms. The first-order chi connectivity index (χ1) is 32.8. The molecule has 0 atom stereocenters. The van der Waals surface area contributed by atoms with E-state index in [1.807, 2.05) is 12.4 Å². The summed E-state index contributed by atoms with van der Waals surface area (Å²) in [4.78, 5) is 9.25. The third kappa shape index (κ3) is 6.48. The second kappa shape index (κ2) is 16.6. The Morgan fingerprint density at radius 2 is 0.894 bits per heavy atom. The second-order valence-electron chi connectivity index (χ2n) is 16.8. The molecule has 2 aromatic heterocycles. The fourth-order valence-corrected chi connectivity index (χ4v) is 15.6. The van der Waals surface area contributed by atoms with Crippen LogP contribution in [0.1, 0.15) is 0 Å². The van der Waals surface area contributed by atoms with Crippen molar-refractivity contribution in [3.05, 3.63) is 267 Å². The predicted molar refractivity (Wildman–Crippen MR) is 278 cm³/mol. The first kappa shape index (κ1) is 39.1. The summed E-state index contributed by atoms with van der Waals surface area (Å²) < 4.78 is 2.51. The highest BCUT2D eigenvalue weighted by Gasteiger charge is 2.52. The van der Waals surface area contributed by atoms with E-state index >= 15 is 0 Å². The quantitative estimate of drug-likeness (QED) is 0.135. The molecule has 0 amide bonds. The standard InChI is InChI=1S/C61H44N4Si/c1-6-19-45(20-7-1)46-33-36-51(37-34-46)63(52-39-41-62-42-40-52)53-26-18-21-47(43-53)48-35-38-59-58(44-48)65(50-24-10-3-11-25-50)61-60(56-31-16-17-32-57(56)64(61)49-22-8-2-9-23-49)66(59,54-27-12-4-13-28-54)55-29-14-5-15-30-55/h1-44H. The van der Waals surface area contributed by atoms with Crippen molar-refractivity contribution < 1.29 is 0 Å². The summed E-state index contributed by atoms with van der Waals surface area (Å²) in [5, 5.41) is 6.71. The Morgan fingerprint density at radius 1 is 0.379 bits per heavy atom. The zero-order valence-electron chi connectivity index (χ0n) is 36.2. The number of hydrogen-bond acceptors (Lipinski definition) is 3. The summed E-state index contributed by atoms with van der Waals surface area (Å²) in [6, 6.07) is 93.3. The van der Waals surface area contributed by atoms with Crippen LogP contribution in [0.2, 0.25) is 0 Å². The van der Waals surface area contributed by atoms with Crippen molar-refractivity contribution in [1.82, 2.24) is 9.55 Å². The largest absolute Gasteiger partial charge is 0.310 e. The van der Waals surface area contributed by atoms with Gasteiger partial charge in [0.1, 0.15) is 5.82 Å². The Bertz CT molecular complexity index is 3410. The van der Waals surface area contributed by atoms with Crippen molar-refractivity contribution >= 4 is 74.0 Å². The number of rotatable bonds is 9. The molecule has 5 heteroatoms. The fourth-order valence-electron chi connectivity index (χ4n) is 10.3. The van der Waals surface area contributed by atoms with Gasteiger partial charge >= 0.3 is 0 Å².